The molecule has 3 fully saturated rings. The fourth-order valence-electron chi connectivity index (χ4n) is 4.66. The van der Waals surface area contributed by atoms with Gasteiger partial charge < -0.3 is 9.64 Å². The fourth-order valence-corrected chi connectivity index (χ4v) is 5.74. The van der Waals surface area contributed by atoms with E-state index in [9.17, 15) is 17.6 Å². The third kappa shape index (κ3) is 4.78. The van der Waals surface area contributed by atoms with E-state index in [-0.39, 0.29) is 18.9 Å². The number of carbonyl (C=O) groups excluding carboxylic acids is 1. The number of halogens is 1. The summed E-state index contributed by atoms with van der Waals surface area (Å²) in [5, 5.41) is 0. The van der Waals surface area contributed by atoms with E-state index in [2.05, 4.69) is 4.90 Å². The fraction of sp³-hybridized carbons (Fsp3) is 0.667. The summed E-state index contributed by atoms with van der Waals surface area (Å²) in [6.45, 7) is 3.18. The van der Waals surface area contributed by atoms with Crippen molar-refractivity contribution in [3.05, 3.63) is 30.1 Å². The van der Waals surface area contributed by atoms with Gasteiger partial charge in [0.2, 0.25) is 15.9 Å². The Bertz CT molecular complexity index is 877. The lowest BCUT2D eigenvalue weighted by Gasteiger charge is -2.36. The van der Waals surface area contributed by atoms with Gasteiger partial charge in [-0.05, 0) is 31.4 Å². The van der Waals surface area contributed by atoms with E-state index in [4.69, 9.17) is 4.74 Å². The number of amides is 1. The Morgan fingerprint density at radius 1 is 1.13 bits per heavy atom. The number of rotatable bonds is 5. The zero-order valence-corrected chi connectivity index (χ0v) is 18.2. The molecule has 0 radical (unpaired) electrons. The molecule has 0 spiro atoms. The van der Waals surface area contributed by atoms with Crippen molar-refractivity contribution in [3.8, 4) is 5.75 Å². The number of benzene rings is 1. The largest absolute Gasteiger partial charge is 0.489 e. The highest BCUT2D eigenvalue weighted by Crippen LogP contribution is 2.29. The first-order valence-electron chi connectivity index (χ1n) is 10.7. The Labute approximate surface area is 177 Å². The van der Waals surface area contributed by atoms with Crippen molar-refractivity contribution in [2.24, 2.45) is 0 Å². The summed E-state index contributed by atoms with van der Waals surface area (Å²) in [6, 6.07) is 5.64. The number of carbonyl (C=O) groups is 1. The molecular formula is C21H30FN3O4S. The molecule has 3 aliphatic rings. The lowest BCUT2D eigenvalue weighted by molar-refractivity contribution is -0.134. The number of ether oxygens (including phenoxy) is 1. The molecule has 30 heavy (non-hydrogen) atoms. The Morgan fingerprint density at radius 3 is 2.60 bits per heavy atom. The predicted molar refractivity (Wildman–Crippen MR) is 111 cm³/mol. The summed E-state index contributed by atoms with van der Waals surface area (Å²) >= 11 is 0. The molecule has 1 aromatic carbocycles. The second-order valence-electron chi connectivity index (χ2n) is 8.58. The van der Waals surface area contributed by atoms with Crippen LogP contribution in [0.3, 0.4) is 0 Å². The van der Waals surface area contributed by atoms with Gasteiger partial charge in [-0.2, -0.15) is 4.31 Å². The van der Waals surface area contributed by atoms with Crippen LogP contribution < -0.4 is 4.74 Å². The topological polar surface area (TPSA) is 70.2 Å². The lowest BCUT2D eigenvalue weighted by atomic mass is 9.91. The maximum absolute atomic E-state index is 13.5. The van der Waals surface area contributed by atoms with Crippen LogP contribution >= 0.6 is 0 Å². The number of hydrogen-bond donors (Lipinski definition) is 0. The Hall–Kier alpha value is -1.71. The quantitative estimate of drug-likeness (QED) is 0.699. The third-order valence-corrected chi connectivity index (χ3v) is 7.72. The van der Waals surface area contributed by atoms with E-state index in [1.165, 1.54) is 35.7 Å². The SMILES string of the molecule is CS(=O)(=O)N1C[C@@H](Oc2cccc(F)c2)C[C@@H]1C(=O)N1CCCN(C2CCC2)CC1. The zero-order chi connectivity index (χ0) is 21.3. The van der Waals surface area contributed by atoms with Crippen LogP contribution in [0.4, 0.5) is 4.39 Å². The van der Waals surface area contributed by atoms with E-state index in [1.54, 1.807) is 12.1 Å². The minimum atomic E-state index is -3.58. The molecule has 2 saturated heterocycles. The molecule has 1 saturated carbocycles. The molecule has 0 aromatic heterocycles. The number of hydrogen-bond acceptors (Lipinski definition) is 5. The molecule has 0 unspecified atom stereocenters. The smallest absolute Gasteiger partial charge is 0.241 e. The van der Waals surface area contributed by atoms with Crippen LogP contribution in [-0.2, 0) is 14.8 Å². The van der Waals surface area contributed by atoms with Gasteiger partial charge in [-0.25, -0.2) is 12.8 Å². The molecule has 2 aliphatic heterocycles. The van der Waals surface area contributed by atoms with Gasteiger partial charge in [0.1, 0.15) is 23.7 Å². The van der Waals surface area contributed by atoms with Crippen LogP contribution in [0, 0.1) is 5.82 Å². The van der Waals surface area contributed by atoms with Gasteiger partial charge >= 0.3 is 0 Å². The third-order valence-electron chi connectivity index (χ3n) is 6.46. The summed E-state index contributed by atoms with van der Waals surface area (Å²) in [5.41, 5.74) is 0. The second-order valence-corrected chi connectivity index (χ2v) is 10.5. The van der Waals surface area contributed by atoms with E-state index in [0.29, 0.717) is 24.9 Å². The van der Waals surface area contributed by atoms with Gasteiger partial charge in [-0.1, -0.05) is 12.5 Å². The second kappa shape index (κ2) is 8.80. The van der Waals surface area contributed by atoms with Crippen molar-refractivity contribution >= 4 is 15.9 Å². The van der Waals surface area contributed by atoms with Crippen LogP contribution in [0.1, 0.15) is 32.1 Å². The molecule has 1 aromatic rings. The molecule has 1 amide bonds. The van der Waals surface area contributed by atoms with Crippen LogP contribution in [0.5, 0.6) is 5.75 Å². The molecule has 166 valence electrons. The maximum Gasteiger partial charge on any atom is 0.241 e. The van der Waals surface area contributed by atoms with E-state index in [0.717, 1.165) is 25.8 Å². The van der Waals surface area contributed by atoms with Crippen molar-refractivity contribution in [2.45, 2.75) is 50.3 Å². The van der Waals surface area contributed by atoms with Crippen molar-refractivity contribution in [1.29, 1.82) is 0 Å². The minimum absolute atomic E-state index is 0.0911. The first kappa shape index (κ1) is 21.5. The number of sulfonamides is 1. The Morgan fingerprint density at radius 2 is 1.93 bits per heavy atom. The summed E-state index contributed by atoms with van der Waals surface area (Å²) in [4.78, 5) is 17.6. The van der Waals surface area contributed by atoms with Crippen molar-refractivity contribution < 1.29 is 22.3 Å². The van der Waals surface area contributed by atoms with Crippen LogP contribution in [0.15, 0.2) is 24.3 Å². The summed E-state index contributed by atoms with van der Waals surface area (Å²) in [6.07, 6.45) is 5.55. The first-order valence-corrected chi connectivity index (χ1v) is 12.6. The zero-order valence-electron chi connectivity index (χ0n) is 17.4. The average molecular weight is 440 g/mol. The highest BCUT2D eigenvalue weighted by Gasteiger charge is 2.44. The van der Waals surface area contributed by atoms with Crippen LogP contribution in [-0.4, -0.2) is 85.6 Å². The molecular weight excluding hydrogens is 409 g/mol. The van der Waals surface area contributed by atoms with E-state index in [1.807, 2.05) is 4.90 Å². The molecule has 4 rings (SSSR count). The Balaban J connectivity index is 1.44. The molecule has 9 heteroatoms. The normalized spacial score (nSPS) is 26.9. The standard InChI is InChI=1S/C21H30FN3O4S/c1-30(27,28)25-15-19(29-18-8-2-5-16(22)13-18)14-20(25)21(26)24-10-4-9-23(11-12-24)17-6-3-7-17/h2,5,8,13,17,19-20H,3-4,6-7,9-12,14-15H2,1H3/t19-,20+/m0/s1. The van der Waals surface area contributed by atoms with E-state index < -0.39 is 28.0 Å². The molecule has 7 nitrogen and oxygen atoms in total. The molecule has 0 bridgehead atoms. The highest BCUT2D eigenvalue weighted by molar-refractivity contribution is 7.88. The highest BCUT2D eigenvalue weighted by atomic mass is 32.2. The predicted octanol–water partition coefficient (Wildman–Crippen LogP) is 1.69. The first-order chi connectivity index (χ1) is 14.3. The van der Waals surface area contributed by atoms with E-state index >= 15 is 0 Å². The lowest BCUT2D eigenvalue weighted by Crippen LogP contribution is -2.49. The van der Waals surface area contributed by atoms with Gasteiger partial charge in [0.25, 0.3) is 0 Å². The van der Waals surface area contributed by atoms with Crippen molar-refractivity contribution in [2.75, 3.05) is 39.0 Å². The van der Waals surface area contributed by atoms with Gasteiger partial charge in [-0.15, -0.1) is 0 Å². The average Bonchev–Trinajstić information content (AvgIpc) is 2.92. The summed E-state index contributed by atoms with van der Waals surface area (Å²) in [7, 11) is -3.58. The molecule has 0 N–H and O–H groups in total. The van der Waals surface area contributed by atoms with Gasteiger partial charge in [-0.3, -0.25) is 9.69 Å². The monoisotopic (exact) mass is 439 g/mol. The van der Waals surface area contributed by atoms with Crippen LogP contribution in [0.2, 0.25) is 0 Å². The molecule has 1 aliphatic carbocycles. The van der Waals surface area contributed by atoms with Gasteiger partial charge in [0, 0.05) is 44.7 Å². The van der Waals surface area contributed by atoms with Crippen molar-refractivity contribution in [3.63, 3.8) is 0 Å². The Kier molecular flexibility index (Phi) is 6.31. The summed E-state index contributed by atoms with van der Waals surface area (Å²) < 4.78 is 45.3. The number of nitrogens with zero attached hydrogens (tertiary/aromatic N) is 3. The van der Waals surface area contributed by atoms with Gasteiger partial charge in [0.05, 0.1) is 12.8 Å². The molecule has 2 heterocycles. The van der Waals surface area contributed by atoms with Gasteiger partial charge in [0.15, 0.2) is 0 Å². The van der Waals surface area contributed by atoms with Crippen LogP contribution in [0.25, 0.3) is 0 Å². The van der Waals surface area contributed by atoms with Crippen molar-refractivity contribution in [1.82, 2.24) is 14.1 Å². The maximum atomic E-state index is 13.5. The minimum Gasteiger partial charge on any atom is -0.489 e. The summed E-state index contributed by atoms with van der Waals surface area (Å²) in [5.74, 6) is -0.229. The molecule has 2 atom stereocenters.